The summed E-state index contributed by atoms with van der Waals surface area (Å²) in [7, 11) is 3.47. The molecular formula is C12H25NO3. The third-order valence-corrected chi connectivity index (χ3v) is 2.90. The Hall–Kier alpha value is -0.160. The van der Waals surface area contributed by atoms with Crippen LogP contribution < -0.4 is 0 Å². The smallest absolute Gasteiger partial charge is 0.0645 e. The first-order chi connectivity index (χ1) is 7.50. The Balaban J connectivity index is 2.76. The molecule has 0 aliphatic carbocycles. The van der Waals surface area contributed by atoms with E-state index in [-0.39, 0.29) is 5.54 Å². The van der Waals surface area contributed by atoms with Gasteiger partial charge in [-0.05, 0) is 20.8 Å². The van der Waals surface area contributed by atoms with Gasteiger partial charge in [-0.15, -0.1) is 0 Å². The molecular weight excluding hydrogens is 206 g/mol. The lowest BCUT2D eigenvalue weighted by Crippen LogP contribution is -2.62. The predicted octanol–water partition coefficient (Wildman–Crippen LogP) is 1.15. The van der Waals surface area contributed by atoms with Gasteiger partial charge in [0.25, 0.3) is 0 Å². The minimum absolute atomic E-state index is 0.107. The van der Waals surface area contributed by atoms with Gasteiger partial charge in [0.1, 0.15) is 0 Å². The number of morpholine rings is 1. The van der Waals surface area contributed by atoms with Gasteiger partial charge in [0.15, 0.2) is 0 Å². The van der Waals surface area contributed by atoms with E-state index in [0.29, 0.717) is 25.3 Å². The summed E-state index contributed by atoms with van der Waals surface area (Å²) < 4.78 is 16.2. The summed E-state index contributed by atoms with van der Waals surface area (Å²) in [5, 5.41) is 0. The molecule has 1 aliphatic rings. The van der Waals surface area contributed by atoms with E-state index in [1.807, 2.05) is 0 Å². The Kier molecular flexibility index (Phi) is 5.18. The van der Waals surface area contributed by atoms with E-state index in [1.165, 1.54) is 0 Å². The molecule has 0 amide bonds. The van der Waals surface area contributed by atoms with Crippen LogP contribution in [0.15, 0.2) is 0 Å². The lowest BCUT2D eigenvalue weighted by Gasteiger charge is -2.49. The molecule has 0 aromatic carbocycles. The highest BCUT2D eigenvalue weighted by atomic mass is 16.5. The van der Waals surface area contributed by atoms with Crippen molar-refractivity contribution in [3.8, 4) is 0 Å². The molecule has 2 atom stereocenters. The van der Waals surface area contributed by atoms with Crippen LogP contribution in [0.3, 0.4) is 0 Å². The van der Waals surface area contributed by atoms with E-state index in [9.17, 15) is 0 Å². The molecule has 0 bridgehead atoms. The van der Waals surface area contributed by atoms with E-state index in [1.54, 1.807) is 14.2 Å². The highest BCUT2D eigenvalue weighted by Crippen LogP contribution is 2.24. The van der Waals surface area contributed by atoms with E-state index in [0.717, 1.165) is 13.2 Å². The van der Waals surface area contributed by atoms with Gasteiger partial charge in [-0.3, -0.25) is 4.90 Å². The molecule has 0 spiro atoms. The van der Waals surface area contributed by atoms with Crippen LogP contribution in [0.25, 0.3) is 0 Å². The molecule has 0 aromatic rings. The van der Waals surface area contributed by atoms with Crippen molar-refractivity contribution in [3.63, 3.8) is 0 Å². The Morgan fingerprint density at radius 3 is 1.81 bits per heavy atom. The molecule has 1 fully saturated rings. The Labute approximate surface area is 98.8 Å². The molecule has 0 radical (unpaired) electrons. The summed E-state index contributed by atoms with van der Waals surface area (Å²) >= 11 is 0. The molecule has 0 saturated carbocycles. The molecule has 4 heteroatoms. The van der Waals surface area contributed by atoms with Gasteiger partial charge in [-0.2, -0.15) is 0 Å². The van der Waals surface area contributed by atoms with Crippen molar-refractivity contribution < 1.29 is 14.2 Å². The van der Waals surface area contributed by atoms with Crippen LogP contribution in [-0.2, 0) is 14.2 Å². The van der Waals surface area contributed by atoms with Crippen molar-refractivity contribution in [1.82, 2.24) is 4.90 Å². The van der Waals surface area contributed by atoms with Crippen LogP contribution >= 0.6 is 0 Å². The molecule has 1 aliphatic heterocycles. The summed E-state index contributed by atoms with van der Waals surface area (Å²) in [6.45, 7) is 9.57. The van der Waals surface area contributed by atoms with Gasteiger partial charge >= 0.3 is 0 Å². The number of methoxy groups -OCH3 is 2. The van der Waals surface area contributed by atoms with Gasteiger partial charge < -0.3 is 14.2 Å². The topological polar surface area (TPSA) is 30.9 Å². The minimum Gasteiger partial charge on any atom is -0.383 e. The average Bonchev–Trinajstić information content (AvgIpc) is 2.17. The maximum absolute atomic E-state index is 5.62. The number of nitrogens with zero attached hydrogens (tertiary/aromatic N) is 1. The van der Waals surface area contributed by atoms with Crippen molar-refractivity contribution in [2.75, 3.05) is 40.6 Å². The van der Waals surface area contributed by atoms with Crippen molar-refractivity contribution in [3.05, 3.63) is 0 Å². The second-order valence-electron chi connectivity index (χ2n) is 5.33. The van der Waals surface area contributed by atoms with Gasteiger partial charge in [-0.1, -0.05) is 0 Å². The van der Waals surface area contributed by atoms with E-state index in [4.69, 9.17) is 14.2 Å². The SMILES string of the molecule is COC[C@@H]1COC[C@H](COC)N1C(C)(C)C. The third kappa shape index (κ3) is 3.42. The third-order valence-electron chi connectivity index (χ3n) is 2.90. The highest BCUT2D eigenvalue weighted by Gasteiger charge is 2.38. The van der Waals surface area contributed by atoms with E-state index in [2.05, 4.69) is 25.7 Å². The molecule has 1 heterocycles. The van der Waals surface area contributed by atoms with Crippen LogP contribution in [-0.4, -0.2) is 63.2 Å². The van der Waals surface area contributed by atoms with Crippen molar-refractivity contribution >= 4 is 0 Å². The molecule has 16 heavy (non-hydrogen) atoms. The minimum atomic E-state index is 0.107. The summed E-state index contributed by atoms with van der Waals surface area (Å²) in [5.74, 6) is 0. The fourth-order valence-corrected chi connectivity index (χ4v) is 2.54. The number of hydrogen-bond donors (Lipinski definition) is 0. The Bertz CT molecular complexity index is 185. The first-order valence-electron chi connectivity index (χ1n) is 5.84. The number of ether oxygens (including phenoxy) is 3. The van der Waals surface area contributed by atoms with Gasteiger partial charge in [0.05, 0.1) is 38.5 Å². The van der Waals surface area contributed by atoms with E-state index < -0.39 is 0 Å². The van der Waals surface area contributed by atoms with E-state index >= 15 is 0 Å². The van der Waals surface area contributed by atoms with Crippen molar-refractivity contribution in [1.29, 1.82) is 0 Å². The lowest BCUT2D eigenvalue weighted by atomic mass is 9.98. The van der Waals surface area contributed by atoms with Crippen LogP contribution in [0.4, 0.5) is 0 Å². The summed E-state index contributed by atoms with van der Waals surface area (Å²) in [5.41, 5.74) is 0.107. The number of rotatable bonds is 4. The Morgan fingerprint density at radius 2 is 1.50 bits per heavy atom. The molecule has 1 saturated heterocycles. The van der Waals surface area contributed by atoms with Gasteiger partial charge in [-0.25, -0.2) is 0 Å². The van der Waals surface area contributed by atoms with Crippen molar-refractivity contribution in [2.24, 2.45) is 0 Å². The first-order valence-corrected chi connectivity index (χ1v) is 5.84. The maximum atomic E-state index is 5.62. The second kappa shape index (κ2) is 5.96. The lowest BCUT2D eigenvalue weighted by molar-refractivity contribution is -0.122. The average molecular weight is 231 g/mol. The van der Waals surface area contributed by atoms with Crippen LogP contribution in [0, 0.1) is 0 Å². The molecule has 1 rings (SSSR count). The van der Waals surface area contributed by atoms with Crippen LogP contribution in [0.5, 0.6) is 0 Å². The summed E-state index contributed by atoms with van der Waals surface area (Å²) in [6.07, 6.45) is 0. The van der Waals surface area contributed by atoms with Gasteiger partial charge in [0.2, 0.25) is 0 Å². The zero-order chi connectivity index (χ0) is 12.2. The van der Waals surface area contributed by atoms with Gasteiger partial charge in [0, 0.05) is 19.8 Å². The summed E-state index contributed by atoms with van der Waals surface area (Å²) in [6, 6.07) is 0.637. The summed E-state index contributed by atoms with van der Waals surface area (Å²) in [4.78, 5) is 2.46. The monoisotopic (exact) mass is 231 g/mol. The normalized spacial score (nSPS) is 28.3. The molecule has 0 N–H and O–H groups in total. The van der Waals surface area contributed by atoms with Crippen LogP contribution in [0.2, 0.25) is 0 Å². The largest absolute Gasteiger partial charge is 0.383 e. The second-order valence-corrected chi connectivity index (χ2v) is 5.33. The zero-order valence-corrected chi connectivity index (χ0v) is 11.2. The zero-order valence-electron chi connectivity index (χ0n) is 11.2. The fourth-order valence-electron chi connectivity index (χ4n) is 2.54. The van der Waals surface area contributed by atoms with Crippen molar-refractivity contribution in [2.45, 2.75) is 38.4 Å². The predicted molar refractivity (Wildman–Crippen MR) is 63.7 cm³/mol. The standard InChI is InChI=1S/C12H25NO3/c1-12(2,3)13-10(6-14-4)8-16-9-11(13)7-15-5/h10-11H,6-9H2,1-5H3/t10-,11+. The molecule has 0 aromatic heterocycles. The molecule has 4 nitrogen and oxygen atoms in total. The maximum Gasteiger partial charge on any atom is 0.0645 e. The Morgan fingerprint density at radius 1 is 1.06 bits per heavy atom. The highest BCUT2D eigenvalue weighted by molar-refractivity contribution is 4.91. The number of hydrogen-bond acceptors (Lipinski definition) is 4. The quantitative estimate of drug-likeness (QED) is 0.726. The first kappa shape index (κ1) is 13.9. The fraction of sp³-hybridized carbons (Fsp3) is 1.00. The molecule has 0 unspecified atom stereocenters. The van der Waals surface area contributed by atoms with Crippen LogP contribution in [0.1, 0.15) is 20.8 Å². The molecule has 96 valence electrons.